The number of guanidine groups is 1. The van der Waals surface area contributed by atoms with Crippen molar-refractivity contribution in [3.8, 4) is 16.9 Å². The van der Waals surface area contributed by atoms with Crippen LogP contribution in [-0.4, -0.2) is 46.8 Å². The van der Waals surface area contributed by atoms with Crippen LogP contribution in [0.3, 0.4) is 0 Å². The summed E-state index contributed by atoms with van der Waals surface area (Å²) in [6.07, 6.45) is 5.32. The van der Waals surface area contributed by atoms with Crippen LogP contribution >= 0.6 is 11.6 Å². The lowest BCUT2D eigenvalue weighted by atomic mass is 10.00. The zero-order chi connectivity index (χ0) is 30.2. The Hall–Kier alpha value is -3.73. The van der Waals surface area contributed by atoms with Crippen LogP contribution in [0.15, 0.2) is 58.4 Å². The van der Waals surface area contributed by atoms with Gasteiger partial charge in [0.2, 0.25) is 0 Å². The summed E-state index contributed by atoms with van der Waals surface area (Å²) in [5.41, 5.74) is 14.3. The largest absolute Gasteiger partial charge is 0.383 e. The maximum atomic E-state index is 15.1. The van der Waals surface area contributed by atoms with Crippen molar-refractivity contribution in [2.75, 3.05) is 20.3 Å². The summed E-state index contributed by atoms with van der Waals surface area (Å²) < 4.78 is 21.9. The molecule has 224 valence electrons. The molecule has 0 saturated heterocycles. The number of nitrogens with zero attached hydrogens (tertiary/aromatic N) is 3. The summed E-state index contributed by atoms with van der Waals surface area (Å²) in [5.74, 6) is 0.167. The number of aromatic nitrogens is 3. The fourth-order valence-electron chi connectivity index (χ4n) is 4.86. The zero-order valence-electron chi connectivity index (χ0n) is 24.3. The molecule has 0 fully saturated rings. The van der Waals surface area contributed by atoms with E-state index in [1.165, 1.54) is 4.57 Å². The number of halogens is 2. The number of aliphatic imine (C=N–C) groups is 1. The molecule has 0 aliphatic rings. The second-order valence-electron chi connectivity index (χ2n) is 10.9. The predicted octanol–water partition coefficient (Wildman–Crippen LogP) is 4.92. The second-order valence-corrected chi connectivity index (χ2v) is 11.3. The van der Waals surface area contributed by atoms with E-state index < -0.39 is 11.5 Å². The highest BCUT2D eigenvalue weighted by Gasteiger charge is 2.16. The molecule has 4 aromatic rings. The van der Waals surface area contributed by atoms with Gasteiger partial charge in [0.05, 0.1) is 23.0 Å². The third-order valence-electron chi connectivity index (χ3n) is 7.08. The van der Waals surface area contributed by atoms with E-state index in [9.17, 15) is 4.79 Å². The van der Waals surface area contributed by atoms with Crippen LogP contribution in [0.4, 0.5) is 4.39 Å². The molecule has 2 heterocycles. The highest BCUT2D eigenvalue weighted by molar-refractivity contribution is 6.31. The molecule has 0 saturated carbocycles. The third-order valence-corrected chi connectivity index (χ3v) is 7.36. The number of fused-ring (bicyclic) bond motifs is 1. The molecule has 4 rings (SSSR count). The van der Waals surface area contributed by atoms with Gasteiger partial charge in [0.15, 0.2) is 11.8 Å². The lowest BCUT2D eigenvalue weighted by Gasteiger charge is -2.17. The van der Waals surface area contributed by atoms with Gasteiger partial charge in [-0.3, -0.25) is 9.56 Å². The van der Waals surface area contributed by atoms with Gasteiger partial charge in [-0.25, -0.2) is 9.18 Å². The van der Waals surface area contributed by atoms with Gasteiger partial charge in [-0.05, 0) is 66.6 Å². The average molecular weight is 596 g/mol. The highest BCUT2D eigenvalue weighted by atomic mass is 35.5. The lowest BCUT2D eigenvalue weighted by molar-refractivity contribution is 0.162. The van der Waals surface area contributed by atoms with Crippen molar-refractivity contribution < 1.29 is 9.13 Å². The number of ether oxygens (including phenoxy) is 1. The van der Waals surface area contributed by atoms with Crippen LogP contribution in [0.2, 0.25) is 5.02 Å². The minimum Gasteiger partial charge on any atom is -0.383 e. The third kappa shape index (κ3) is 8.18. The topological polar surface area (TPSA) is 136 Å². The first kappa shape index (κ1) is 31.2. The number of aromatic amines is 1. The molecule has 0 radical (unpaired) electrons. The number of aryl methyl sites for hydroxylation is 1. The molecule has 0 bridgehead atoms. The van der Waals surface area contributed by atoms with Crippen LogP contribution in [0, 0.1) is 11.7 Å². The molecule has 6 N–H and O–H groups in total. The number of H-pyrrole nitrogens is 1. The molecule has 1 atom stereocenters. The molecule has 2 aromatic carbocycles. The minimum atomic E-state index is -0.501. The molecular formula is C31H39ClFN7O2. The lowest BCUT2D eigenvalue weighted by Crippen LogP contribution is -2.34. The summed E-state index contributed by atoms with van der Waals surface area (Å²) in [7, 11) is 1.65. The monoisotopic (exact) mass is 595 g/mol. The van der Waals surface area contributed by atoms with Crippen molar-refractivity contribution in [3.05, 3.63) is 81.1 Å². The summed E-state index contributed by atoms with van der Waals surface area (Å²) in [4.78, 5) is 24.3. The van der Waals surface area contributed by atoms with Crippen molar-refractivity contribution in [1.29, 1.82) is 0 Å². The summed E-state index contributed by atoms with van der Waals surface area (Å²) in [6, 6.07) is 13.0. The molecule has 0 amide bonds. The maximum absolute atomic E-state index is 15.1. The van der Waals surface area contributed by atoms with Crippen LogP contribution < -0.4 is 22.5 Å². The fourth-order valence-corrected chi connectivity index (χ4v) is 5.10. The van der Waals surface area contributed by atoms with E-state index in [0.29, 0.717) is 53.6 Å². The Morgan fingerprint density at radius 3 is 2.62 bits per heavy atom. The SMILES string of the molecule is COC[C@@H](CCN=C(N)N)NCc1ccc(-n2cc3cc(-c4cc(CCCC(C)C)cc(Cl)c4F)[nH]c3nc2=O)cc1. The first-order valence-corrected chi connectivity index (χ1v) is 14.5. The number of nitrogens with one attached hydrogen (secondary N) is 2. The van der Waals surface area contributed by atoms with E-state index in [1.54, 1.807) is 25.4 Å². The molecule has 0 unspecified atom stereocenters. The summed E-state index contributed by atoms with van der Waals surface area (Å²) in [5, 5.41) is 4.21. The van der Waals surface area contributed by atoms with E-state index >= 15 is 4.39 Å². The van der Waals surface area contributed by atoms with Crippen molar-refractivity contribution >= 4 is 28.6 Å². The van der Waals surface area contributed by atoms with E-state index in [2.05, 4.69) is 34.1 Å². The van der Waals surface area contributed by atoms with Gasteiger partial charge in [-0.15, -0.1) is 0 Å². The molecule has 0 spiro atoms. The fraction of sp³-hybridized carbons (Fsp3) is 0.387. The smallest absolute Gasteiger partial charge is 0.354 e. The Morgan fingerprint density at radius 1 is 1.17 bits per heavy atom. The number of methoxy groups -OCH3 is 1. The molecule has 11 heteroatoms. The number of hydrogen-bond donors (Lipinski definition) is 4. The van der Waals surface area contributed by atoms with Crippen molar-refractivity contribution in [2.45, 2.75) is 52.1 Å². The summed E-state index contributed by atoms with van der Waals surface area (Å²) >= 11 is 6.26. The standard InChI is InChI=1S/C31H39ClFN7O2/c1-19(2)5-4-6-21-13-25(28(33)26(32)14-21)27-15-22-17-40(31(41)39-29(22)38-27)24-9-7-20(8-10-24)16-37-23(18-42-3)11-12-36-30(34)35/h7-10,13-15,17,19,23,37H,4-6,11-12,16,18H2,1-3H3,(H4,34,35,36)(H,38,39,41)/t23-/m1/s1. The Bertz CT molecular complexity index is 1580. The molecule has 0 aliphatic carbocycles. The normalized spacial score (nSPS) is 12.2. The molecule has 9 nitrogen and oxygen atoms in total. The average Bonchev–Trinajstić information content (AvgIpc) is 3.35. The van der Waals surface area contributed by atoms with Crippen molar-refractivity contribution in [3.63, 3.8) is 0 Å². The van der Waals surface area contributed by atoms with Crippen LogP contribution in [0.5, 0.6) is 0 Å². The Morgan fingerprint density at radius 2 is 1.93 bits per heavy atom. The quantitative estimate of drug-likeness (QED) is 0.121. The molecule has 2 aromatic heterocycles. The van der Waals surface area contributed by atoms with Gasteiger partial charge in [-0.1, -0.05) is 44.0 Å². The van der Waals surface area contributed by atoms with Gasteiger partial charge in [0, 0.05) is 43.4 Å². The predicted molar refractivity (Wildman–Crippen MR) is 168 cm³/mol. The molecule has 0 aliphatic heterocycles. The molecular weight excluding hydrogens is 557 g/mol. The van der Waals surface area contributed by atoms with E-state index in [1.807, 2.05) is 30.3 Å². The van der Waals surface area contributed by atoms with Crippen molar-refractivity contribution in [2.24, 2.45) is 22.4 Å². The van der Waals surface area contributed by atoms with Gasteiger partial charge in [0.1, 0.15) is 5.65 Å². The summed E-state index contributed by atoms with van der Waals surface area (Å²) in [6.45, 7) is 6.00. The number of nitrogens with two attached hydrogens (primary N) is 2. The highest BCUT2D eigenvalue weighted by Crippen LogP contribution is 2.31. The van der Waals surface area contributed by atoms with E-state index in [0.717, 1.165) is 36.8 Å². The van der Waals surface area contributed by atoms with Gasteiger partial charge < -0.3 is 26.5 Å². The Labute approximate surface area is 250 Å². The van der Waals surface area contributed by atoms with Gasteiger partial charge >= 0.3 is 5.69 Å². The maximum Gasteiger partial charge on any atom is 0.354 e. The number of rotatable bonds is 14. The second kappa shape index (κ2) is 14.4. The van der Waals surface area contributed by atoms with Gasteiger partial charge in [-0.2, -0.15) is 4.98 Å². The van der Waals surface area contributed by atoms with Gasteiger partial charge in [0.25, 0.3) is 0 Å². The first-order chi connectivity index (χ1) is 20.1. The van der Waals surface area contributed by atoms with Crippen LogP contribution in [0.25, 0.3) is 28.0 Å². The molecule has 42 heavy (non-hydrogen) atoms. The Balaban J connectivity index is 1.51. The minimum absolute atomic E-state index is 0.0684. The Kier molecular flexibility index (Phi) is 10.7. The van der Waals surface area contributed by atoms with E-state index in [4.69, 9.17) is 27.8 Å². The van der Waals surface area contributed by atoms with Crippen LogP contribution in [-0.2, 0) is 17.7 Å². The zero-order valence-corrected chi connectivity index (χ0v) is 25.0. The number of benzene rings is 2. The van der Waals surface area contributed by atoms with Crippen LogP contribution in [0.1, 0.15) is 44.2 Å². The van der Waals surface area contributed by atoms with E-state index in [-0.39, 0.29) is 17.0 Å². The number of hydrogen-bond acceptors (Lipinski definition) is 5. The van der Waals surface area contributed by atoms with Crippen molar-refractivity contribution in [1.82, 2.24) is 19.9 Å². The first-order valence-electron chi connectivity index (χ1n) is 14.1.